The average Bonchev–Trinajstić information content (AvgIpc) is 2.29. The predicted octanol–water partition coefficient (Wildman–Crippen LogP) is 2.59. The lowest BCUT2D eigenvalue weighted by molar-refractivity contribution is 0.112. The molecule has 0 N–H and O–H groups in total. The SMILES string of the molecule is COc1c(SC(=O)N(C)C)ccc(C=O)c1C. The van der Waals surface area contributed by atoms with Gasteiger partial charge in [0.2, 0.25) is 0 Å². The molecule has 1 aromatic carbocycles. The van der Waals surface area contributed by atoms with E-state index in [1.165, 1.54) is 12.0 Å². The second-order valence-electron chi connectivity index (χ2n) is 3.69. The lowest BCUT2D eigenvalue weighted by atomic mass is 10.1. The fourth-order valence-corrected chi connectivity index (χ4v) is 2.17. The molecule has 17 heavy (non-hydrogen) atoms. The monoisotopic (exact) mass is 253 g/mol. The number of ether oxygens (including phenoxy) is 1. The molecule has 0 bridgehead atoms. The van der Waals surface area contributed by atoms with Gasteiger partial charge in [0.05, 0.1) is 12.0 Å². The predicted molar refractivity (Wildman–Crippen MR) is 68.1 cm³/mol. The van der Waals surface area contributed by atoms with Gasteiger partial charge in [0.25, 0.3) is 5.24 Å². The van der Waals surface area contributed by atoms with Crippen molar-refractivity contribution in [3.05, 3.63) is 23.3 Å². The largest absolute Gasteiger partial charge is 0.495 e. The van der Waals surface area contributed by atoms with Crippen LogP contribution in [0.4, 0.5) is 4.79 Å². The Kier molecular flexibility index (Phi) is 4.57. The van der Waals surface area contributed by atoms with Crippen molar-refractivity contribution < 1.29 is 14.3 Å². The van der Waals surface area contributed by atoms with Gasteiger partial charge in [0.1, 0.15) is 12.0 Å². The van der Waals surface area contributed by atoms with Gasteiger partial charge in [-0.2, -0.15) is 0 Å². The summed E-state index contributed by atoms with van der Waals surface area (Å²) >= 11 is 1.08. The first-order valence-corrected chi connectivity index (χ1v) is 5.84. The maximum Gasteiger partial charge on any atom is 0.286 e. The van der Waals surface area contributed by atoms with Crippen molar-refractivity contribution in [2.75, 3.05) is 21.2 Å². The summed E-state index contributed by atoms with van der Waals surface area (Å²) in [7, 11) is 4.91. The Morgan fingerprint density at radius 1 is 1.41 bits per heavy atom. The highest BCUT2D eigenvalue weighted by atomic mass is 32.2. The second kappa shape index (κ2) is 5.72. The van der Waals surface area contributed by atoms with E-state index >= 15 is 0 Å². The molecule has 4 nitrogen and oxygen atoms in total. The van der Waals surface area contributed by atoms with Crippen molar-refractivity contribution in [3.63, 3.8) is 0 Å². The Bertz CT molecular complexity index is 444. The van der Waals surface area contributed by atoms with E-state index < -0.39 is 0 Å². The minimum atomic E-state index is -0.0819. The number of hydrogen-bond acceptors (Lipinski definition) is 4. The van der Waals surface area contributed by atoms with Crippen molar-refractivity contribution in [2.24, 2.45) is 0 Å². The number of carbonyl (C=O) groups excluding carboxylic acids is 2. The molecule has 1 rings (SSSR count). The minimum Gasteiger partial charge on any atom is -0.495 e. The highest BCUT2D eigenvalue weighted by molar-refractivity contribution is 8.13. The summed E-state index contributed by atoms with van der Waals surface area (Å²) < 4.78 is 5.25. The molecule has 0 unspecified atom stereocenters. The number of amides is 1. The number of methoxy groups -OCH3 is 1. The molecule has 0 fully saturated rings. The average molecular weight is 253 g/mol. The van der Waals surface area contributed by atoms with E-state index in [-0.39, 0.29) is 5.24 Å². The van der Waals surface area contributed by atoms with Gasteiger partial charge in [-0.3, -0.25) is 9.59 Å². The number of benzene rings is 1. The summed E-state index contributed by atoms with van der Waals surface area (Å²) in [5.74, 6) is 0.579. The summed E-state index contributed by atoms with van der Waals surface area (Å²) in [6, 6.07) is 3.41. The Labute approximate surface area is 105 Å². The summed E-state index contributed by atoms with van der Waals surface area (Å²) in [4.78, 5) is 24.6. The molecule has 0 aliphatic heterocycles. The van der Waals surface area contributed by atoms with Crippen LogP contribution in [0, 0.1) is 6.92 Å². The first-order valence-electron chi connectivity index (χ1n) is 5.03. The topological polar surface area (TPSA) is 46.6 Å². The molecule has 0 saturated heterocycles. The Morgan fingerprint density at radius 2 is 2.06 bits per heavy atom. The zero-order valence-corrected chi connectivity index (χ0v) is 11.1. The van der Waals surface area contributed by atoms with E-state index in [1.54, 1.807) is 33.2 Å². The van der Waals surface area contributed by atoms with Crippen LogP contribution >= 0.6 is 11.8 Å². The maximum atomic E-state index is 11.6. The van der Waals surface area contributed by atoms with Crippen LogP contribution in [0.25, 0.3) is 0 Å². The number of thioether (sulfide) groups is 1. The molecule has 0 aliphatic carbocycles. The van der Waals surface area contributed by atoms with E-state index in [9.17, 15) is 9.59 Å². The summed E-state index contributed by atoms with van der Waals surface area (Å²) in [5.41, 5.74) is 1.32. The third kappa shape index (κ3) is 3.00. The molecular formula is C12H15NO3S. The van der Waals surface area contributed by atoms with E-state index in [0.29, 0.717) is 16.2 Å². The van der Waals surface area contributed by atoms with E-state index in [4.69, 9.17) is 4.74 Å². The molecule has 0 saturated carbocycles. The molecule has 0 aliphatic rings. The smallest absolute Gasteiger partial charge is 0.286 e. The van der Waals surface area contributed by atoms with Gasteiger partial charge in [-0.15, -0.1) is 0 Å². The van der Waals surface area contributed by atoms with Gasteiger partial charge in [-0.05, 0) is 24.8 Å². The van der Waals surface area contributed by atoms with Crippen LogP contribution in [0.5, 0.6) is 5.75 Å². The molecule has 0 heterocycles. The second-order valence-corrected chi connectivity index (χ2v) is 4.68. The number of aldehydes is 1. The van der Waals surface area contributed by atoms with Crippen LogP contribution in [0.1, 0.15) is 15.9 Å². The first-order chi connectivity index (χ1) is 8.01. The van der Waals surface area contributed by atoms with Gasteiger partial charge in [-0.1, -0.05) is 6.07 Å². The molecule has 0 spiro atoms. The van der Waals surface area contributed by atoms with Gasteiger partial charge >= 0.3 is 0 Å². The normalized spacial score (nSPS) is 9.88. The maximum absolute atomic E-state index is 11.6. The lowest BCUT2D eigenvalue weighted by Gasteiger charge is -2.14. The highest BCUT2D eigenvalue weighted by Crippen LogP contribution is 2.34. The number of rotatable bonds is 3. The van der Waals surface area contributed by atoms with Gasteiger partial charge in [0, 0.05) is 25.2 Å². The molecular weight excluding hydrogens is 238 g/mol. The van der Waals surface area contributed by atoms with Crippen LogP contribution in [-0.2, 0) is 0 Å². The molecule has 0 radical (unpaired) electrons. The Balaban J connectivity index is 3.13. The van der Waals surface area contributed by atoms with E-state index in [1.807, 2.05) is 0 Å². The van der Waals surface area contributed by atoms with Crippen LogP contribution < -0.4 is 4.74 Å². The quantitative estimate of drug-likeness (QED) is 0.613. The third-order valence-corrected chi connectivity index (χ3v) is 3.39. The van der Waals surface area contributed by atoms with Gasteiger partial charge in [-0.25, -0.2) is 0 Å². The standard InChI is InChI=1S/C12H15NO3S/c1-8-9(7-14)5-6-10(11(8)16-4)17-12(15)13(2)3/h5-7H,1-4H3. The lowest BCUT2D eigenvalue weighted by Crippen LogP contribution is -2.16. The zero-order valence-electron chi connectivity index (χ0n) is 10.3. The zero-order chi connectivity index (χ0) is 13.0. The number of hydrogen-bond donors (Lipinski definition) is 0. The molecule has 92 valence electrons. The Hall–Kier alpha value is -1.49. The van der Waals surface area contributed by atoms with Crippen molar-refractivity contribution in [1.82, 2.24) is 4.90 Å². The third-order valence-electron chi connectivity index (χ3n) is 2.31. The minimum absolute atomic E-state index is 0.0819. The van der Waals surface area contributed by atoms with Crippen LogP contribution in [0.2, 0.25) is 0 Å². The van der Waals surface area contributed by atoms with E-state index in [0.717, 1.165) is 23.6 Å². The fourth-order valence-electron chi connectivity index (χ4n) is 1.33. The number of carbonyl (C=O) groups is 2. The molecule has 0 atom stereocenters. The molecule has 1 aromatic rings. The van der Waals surface area contributed by atoms with Crippen molar-refractivity contribution in [3.8, 4) is 5.75 Å². The fraction of sp³-hybridized carbons (Fsp3) is 0.333. The molecule has 0 aromatic heterocycles. The van der Waals surface area contributed by atoms with Crippen molar-refractivity contribution >= 4 is 23.3 Å². The summed E-state index contributed by atoms with van der Waals surface area (Å²) in [6.07, 6.45) is 0.778. The molecule has 5 heteroatoms. The van der Waals surface area contributed by atoms with Crippen LogP contribution in [0.3, 0.4) is 0 Å². The van der Waals surface area contributed by atoms with Crippen molar-refractivity contribution in [2.45, 2.75) is 11.8 Å². The van der Waals surface area contributed by atoms with Crippen LogP contribution in [0.15, 0.2) is 17.0 Å². The van der Waals surface area contributed by atoms with E-state index in [2.05, 4.69) is 0 Å². The van der Waals surface area contributed by atoms with Crippen LogP contribution in [-0.4, -0.2) is 37.6 Å². The van der Waals surface area contributed by atoms with Gasteiger partial charge < -0.3 is 9.64 Å². The number of nitrogens with zero attached hydrogens (tertiary/aromatic N) is 1. The highest BCUT2D eigenvalue weighted by Gasteiger charge is 2.15. The summed E-state index contributed by atoms with van der Waals surface area (Å²) in [6.45, 7) is 1.80. The summed E-state index contributed by atoms with van der Waals surface area (Å²) in [5, 5.41) is -0.0819. The Morgan fingerprint density at radius 3 is 2.53 bits per heavy atom. The van der Waals surface area contributed by atoms with Gasteiger partial charge in [0.15, 0.2) is 0 Å². The first kappa shape index (κ1) is 13.6. The van der Waals surface area contributed by atoms with Crippen molar-refractivity contribution in [1.29, 1.82) is 0 Å². The molecule has 1 amide bonds.